The van der Waals surface area contributed by atoms with Crippen LogP contribution in [-0.4, -0.2) is 57.4 Å². The molecule has 1 saturated heterocycles. The zero-order valence-electron chi connectivity index (χ0n) is 18.1. The Balaban J connectivity index is 1.56. The van der Waals surface area contributed by atoms with Crippen LogP contribution in [0.15, 0.2) is 48.5 Å². The monoisotopic (exact) mass is 412 g/mol. The van der Waals surface area contributed by atoms with Gasteiger partial charge in [0, 0.05) is 19.6 Å². The summed E-state index contributed by atoms with van der Waals surface area (Å²) in [5, 5.41) is 3.03. The minimum absolute atomic E-state index is 0.000527. The summed E-state index contributed by atoms with van der Waals surface area (Å²) in [4.78, 5) is 14.8. The fraction of sp³-hybridized carbons (Fsp3) is 0.458. The van der Waals surface area contributed by atoms with Gasteiger partial charge in [0.1, 0.15) is 11.5 Å². The van der Waals surface area contributed by atoms with Crippen LogP contribution in [0.5, 0.6) is 11.5 Å². The number of carbonyl (C=O) groups excluding carboxylic acids is 1. The number of benzene rings is 2. The van der Waals surface area contributed by atoms with Crippen LogP contribution >= 0.6 is 0 Å². The van der Waals surface area contributed by atoms with Crippen LogP contribution in [0.1, 0.15) is 36.9 Å². The summed E-state index contributed by atoms with van der Waals surface area (Å²) in [6.45, 7) is 7.90. The SMILES string of the molecule is COc1ccc([C@H](CNC(=O)COc2ccc(C(C)C)cc2)N2CCOCC2)cc1. The quantitative estimate of drug-likeness (QED) is 0.684. The van der Waals surface area contributed by atoms with Crippen LogP contribution in [0.25, 0.3) is 0 Å². The molecule has 1 aliphatic rings. The first-order chi connectivity index (χ1) is 14.6. The molecule has 1 amide bonds. The Morgan fingerprint density at radius 2 is 1.60 bits per heavy atom. The van der Waals surface area contributed by atoms with Crippen molar-refractivity contribution in [1.29, 1.82) is 0 Å². The third kappa shape index (κ3) is 6.21. The molecule has 0 bridgehead atoms. The van der Waals surface area contributed by atoms with Gasteiger partial charge in [-0.2, -0.15) is 0 Å². The van der Waals surface area contributed by atoms with Crippen molar-refractivity contribution in [3.8, 4) is 11.5 Å². The van der Waals surface area contributed by atoms with Gasteiger partial charge in [-0.1, -0.05) is 38.1 Å². The molecule has 1 heterocycles. The first kappa shape index (κ1) is 22.1. The molecule has 0 saturated carbocycles. The minimum atomic E-state index is -0.130. The molecular formula is C24H32N2O4. The topological polar surface area (TPSA) is 60.0 Å². The number of carbonyl (C=O) groups is 1. The van der Waals surface area contributed by atoms with E-state index in [2.05, 4.69) is 36.2 Å². The Bertz CT molecular complexity index is 784. The Kier molecular flexibility index (Phi) is 8.11. The summed E-state index contributed by atoms with van der Waals surface area (Å²) in [5.74, 6) is 1.86. The van der Waals surface area contributed by atoms with E-state index in [9.17, 15) is 4.79 Å². The zero-order valence-corrected chi connectivity index (χ0v) is 18.1. The molecule has 30 heavy (non-hydrogen) atoms. The maximum absolute atomic E-state index is 12.4. The molecular weight excluding hydrogens is 380 g/mol. The highest BCUT2D eigenvalue weighted by Gasteiger charge is 2.23. The van der Waals surface area contributed by atoms with E-state index < -0.39 is 0 Å². The highest BCUT2D eigenvalue weighted by molar-refractivity contribution is 5.77. The molecule has 0 aliphatic carbocycles. The van der Waals surface area contributed by atoms with E-state index in [1.807, 2.05) is 36.4 Å². The number of nitrogens with one attached hydrogen (secondary N) is 1. The Hall–Kier alpha value is -2.57. The standard InChI is InChI=1S/C24H32N2O4/c1-18(2)19-4-10-22(11-5-19)30-17-24(27)25-16-23(26-12-14-29-15-13-26)20-6-8-21(28-3)9-7-20/h4-11,18,23H,12-17H2,1-3H3,(H,25,27)/t23-/m0/s1. The van der Waals surface area contributed by atoms with Gasteiger partial charge in [0.15, 0.2) is 6.61 Å². The molecule has 0 spiro atoms. The van der Waals surface area contributed by atoms with Crippen LogP contribution in [0.2, 0.25) is 0 Å². The number of ether oxygens (including phenoxy) is 3. The highest BCUT2D eigenvalue weighted by atomic mass is 16.5. The molecule has 2 aromatic rings. The molecule has 1 aliphatic heterocycles. The molecule has 0 radical (unpaired) electrons. The summed E-state index contributed by atoms with van der Waals surface area (Å²) in [6, 6.07) is 16.0. The predicted octanol–water partition coefficient (Wildman–Crippen LogP) is 3.39. The third-order valence-corrected chi connectivity index (χ3v) is 5.40. The lowest BCUT2D eigenvalue weighted by atomic mass is 10.0. The average molecular weight is 413 g/mol. The van der Waals surface area contributed by atoms with Gasteiger partial charge in [-0.05, 0) is 41.3 Å². The van der Waals surface area contributed by atoms with Gasteiger partial charge in [-0.25, -0.2) is 0 Å². The number of rotatable bonds is 9. The van der Waals surface area contributed by atoms with Crippen LogP contribution in [-0.2, 0) is 9.53 Å². The summed E-state index contributed by atoms with van der Waals surface area (Å²) in [7, 11) is 1.66. The van der Waals surface area contributed by atoms with Crippen molar-refractivity contribution in [2.24, 2.45) is 0 Å². The summed E-state index contributed by atoms with van der Waals surface area (Å²) in [5.41, 5.74) is 2.39. The Morgan fingerprint density at radius 1 is 1.00 bits per heavy atom. The number of nitrogens with zero attached hydrogens (tertiary/aromatic N) is 1. The smallest absolute Gasteiger partial charge is 0.258 e. The minimum Gasteiger partial charge on any atom is -0.497 e. The van der Waals surface area contributed by atoms with Gasteiger partial charge in [-0.15, -0.1) is 0 Å². The molecule has 2 aromatic carbocycles. The van der Waals surface area contributed by atoms with Crippen LogP contribution in [0, 0.1) is 0 Å². The Morgan fingerprint density at radius 3 is 2.20 bits per heavy atom. The van der Waals surface area contributed by atoms with Crippen molar-refractivity contribution in [3.05, 3.63) is 59.7 Å². The van der Waals surface area contributed by atoms with Gasteiger partial charge in [0.05, 0.1) is 26.4 Å². The van der Waals surface area contributed by atoms with Crippen molar-refractivity contribution in [1.82, 2.24) is 10.2 Å². The van der Waals surface area contributed by atoms with Gasteiger partial charge in [0.2, 0.25) is 0 Å². The Labute approximate surface area is 179 Å². The second-order valence-corrected chi connectivity index (χ2v) is 7.75. The van der Waals surface area contributed by atoms with Crippen molar-refractivity contribution < 1.29 is 19.0 Å². The van der Waals surface area contributed by atoms with E-state index >= 15 is 0 Å². The normalized spacial score (nSPS) is 15.6. The maximum atomic E-state index is 12.4. The third-order valence-electron chi connectivity index (χ3n) is 5.40. The second-order valence-electron chi connectivity index (χ2n) is 7.75. The fourth-order valence-corrected chi connectivity index (χ4v) is 3.53. The molecule has 6 nitrogen and oxygen atoms in total. The molecule has 162 valence electrons. The van der Waals surface area contributed by atoms with E-state index in [0.717, 1.165) is 24.4 Å². The fourth-order valence-electron chi connectivity index (χ4n) is 3.53. The van der Waals surface area contributed by atoms with E-state index in [1.165, 1.54) is 5.56 Å². The first-order valence-corrected chi connectivity index (χ1v) is 10.5. The lowest BCUT2D eigenvalue weighted by Crippen LogP contribution is -2.44. The predicted molar refractivity (Wildman–Crippen MR) is 117 cm³/mol. The van der Waals surface area contributed by atoms with Crippen molar-refractivity contribution in [2.75, 3.05) is 46.6 Å². The van der Waals surface area contributed by atoms with E-state index in [-0.39, 0.29) is 18.6 Å². The van der Waals surface area contributed by atoms with Gasteiger partial charge >= 0.3 is 0 Å². The summed E-state index contributed by atoms with van der Waals surface area (Å²) in [6.07, 6.45) is 0. The molecule has 0 unspecified atom stereocenters. The molecule has 1 N–H and O–H groups in total. The van der Waals surface area contributed by atoms with Gasteiger partial charge < -0.3 is 19.5 Å². The number of amides is 1. The number of hydrogen-bond donors (Lipinski definition) is 1. The van der Waals surface area contributed by atoms with Crippen molar-refractivity contribution in [3.63, 3.8) is 0 Å². The lowest BCUT2D eigenvalue weighted by Gasteiger charge is -2.35. The molecule has 1 atom stereocenters. The highest BCUT2D eigenvalue weighted by Crippen LogP contribution is 2.24. The largest absolute Gasteiger partial charge is 0.497 e. The van der Waals surface area contributed by atoms with Gasteiger partial charge in [0.25, 0.3) is 5.91 Å². The maximum Gasteiger partial charge on any atom is 0.258 e. The molecule has 6 heteroatoms. The first-order valence-electron chi connectivity index (χ1n) is 10.5. The van der Waals surface area contributed by atoms with E-state index in [4.69, 9.17) is 14.2 Å². The van der Waals surface area contributed by atoms with Crippen molar-refractivity contribution in [2.45, 2.75) is 25.8 Å². The van der Waals surface area contributed by atoms with Gasteiger partial charge in [-0.3, -0.25) is 9.69 Å². The number of methoxy groups -OCH3 is 1. The summed E-state index contributed by atoms with van der Waals surface area (Å²) < 4.78 is 16.4. The van der Waals surface area contributed by atoms with Crippen molar-refractivity contribution >= 4 is 5.91 Å². The summed E-state index contributed by atoms with van der Waals surface area (Å²) >= 11 is 0. The van der Waals surface area contributed by atoms with Crippen LogP contribution < -0.4 is 14.8 Å². The zero-order chi connectivity index (χ0) is 21.3. The molecule has 3 rings (SSSR count). The molecule has 0 aromatic heterocycles. The van der Waals surface area contributed by atoms with Crippen LogP contribution in [0.4, 0.5) is 0 Å². The molecule has 1 fully saturated rings. The number of morpholine rings is 1. The average Bonchev–Trinajstić information content (AvgIpc) is 2.79. The van der Waals surface area contributed by atoms with Crippen LogP contribution in [0.3, 0.4) is 0 Å². The second kappa shape index (κ2) is 11.0. The van der Waals surface area contributed by atoms with E-state index in [0.29, 0.717) is 31.4 Å². The lowest BCUT2D eigenvalue weighted by molar-refractivity contribution is -0.123. The van der Waals surface area contributed by atoms with E-state index in [1.54, 1.807) is 7.11 Å². The number of hydrogen-bond acceptors (Lipinski definition) is 5.